The highest BCUT2D eigenvalue weighted by Gasteiger charge is 2.52. The van der Waals surface area contributed by atoms with Gasteiger partial charge in [0, 0.05) is 0 Å². The van der Waals surface area contributed by atoms with Gasteiger partial charge >= 0.3 is 0 Å². The van der Waals surface area contributed by atoms with E-state index in [-0.39, 0.29) is 5.41 Å². The Bertz CT molecular complexity index is 504. The van der Waals surface area contributed by atoms with Crippen LogP contribution in [0.1, 0.15) is 13.8 Å². The molecule has 20 heavy (non-hydrogen) atoms. The van der Waals surface area contributed by atoms with E-state index < -0.39 is 5.66 Å². The predicted octanol–water partition coefficient (Wildman–Crippen LogP) is 1.61. The van der Waals surface area contributed by atoms with Crippen LogP contribution < -0.4 is 15.8 Å². The molecule has 2 N–H and O–H groups in total. The average Bonchev–Trinajstić information content (AvgIpc) is 2.78. The fourth-order valence-electron chi connectivity index (χ4n) is 2.54. The Hall–Kier alpha value is -1.21. The zero-order valence-electron chi connectivity index (χ0n) is 11.7. The Morgan fingerprint density at radius 1 is 1.15 bits per heavy atom. The lowest BCUT2D eigenvalue weighted by molar-refractivity contribution is -0.182. The third-order valence-electron chi connectivity index (χ3n) is 4.12. The van der Waals surface area contributed by atoms with Crippen molar-refractivity contribution in [2.75, 3.05) is 25.0 Å². The summed E-state index contributed by atoms with van der Waals surface area (Å²) in [6.07, 6.45) is 0. The van der Waals surface area contributed by atoms with E-state index in [2.05, 4.69) is 24.6 Å². The van der Waals surface area contributed by atoms with Crippen molar-refractivity contribution in [1.82, 2.24) is 10.7 Å². The van der Waals surface area contributed by atoms with Crippen molar-refractivity contribution in [1.29, 1.82) is 0 Å². The molecule has 2 aliphatic rings. The molecule has 6 heteroatoms. The van der Waals surface area contributed by atoms with E-state index in [4.69, 9.17) is 21.7 Å². The number of para-hydroxylation sites is 1. The minimum absolute atomic E-state index is 0.209. The smallest absolute Gasteiger partial charge is 0.189 e. The van der Waals surface area contributed by atoms with Gasteiger partial charge in [0.05, 0.1) is 24.3 Å². The molecule has 0 bridgehead atoms. The van der Waals surface area contributed by atoms with Gasteiger partial charge in [-0.25, -0.2) is 5.43 Å². The lowest BCUT2D eigenvalue weighted by Crippen LogP contribution is -2.64. The summed E-state index contributed by atoms with van der Waals surface area (Å²) in [6.45, 7) is 5.81. The van der Waals surface area contributed by atoms with Gasteiger partial charge in [-0.05, 0) is 31.3 Å². The highest BCUT2D eigenvalue weighted by atomic mass is 32.1. The third-order valence-corrected chi connectivity index (χ3v) is 4.41. The van der Waals surface area contributed by atoms with E-state index >= 15 is 0 Å². The first-order chi connectivity index (χ1) is 9.54. The van der Waals surface area contributed by atoms with Crippen molar-refractivity contribution in [2.45, 2.75) is 19.5 Å². The van der Waals surface area contributed by atoms with Crippen molar-refractivity contribution in [2.24, 2.45) is 5.41 Å². The van der Waals surface area contributed by atoms with Crippen LogP contribution in [0.5, 0.6) is 0 Å². The van der Waals surface area contributed by atoms with Crippen molar-refractivity contribution in [3.05, 3.63) is 30.3 Å². The summed E-state index contributed by atoms with van der Waals surface area (Å²) in [4.78, 5) is 0. The number of nitrogens with one attached hydrogen (secondary N) is 2. The number of benzene rings is 1. The summed E-state index contributed by atoms with van der Waals surface area (Å²) < 4.78 is 10.9. The SMILES string of the molecule is CC1([C@@]2(C)NC(=S)N(c3ccccc3)N2)COCOC1. The number of thiocarbonyl (C=S) groups is 1. The fourth-order valence-corrected chi connectivity index (χ4v) is 2.90. The molecule has 2 aliphatic heterocycles. The van der Waals surface area contributed by atoms with Gasteiger partial charge in [-0.15, -0.1) is 0 Å². The van der Waals surface area contributed by atoms with Crippen LogP contribution in [-0.2, 0) is 9.47 Å². The molecule has 1 aromatic rings. The van der Waals surface area contributed by atoms with Crippen molar-refractivity contribution >= 4 is 23.0 Å². The van der Waals surface area contributed by atoms with E-state index in [1.165, 1.54) is 0 Å². The second kappa shape index (κ2) is 4.96. The zero-order chi connectivity index (χ0) is 14.2. The Kier molecular flexibility index (Phi) is 3.41. The van der Waals surface area contributed by atoms with E-state index in [9.17, 15) is 0 Å². The molecular formula is C14H19N3O2S. The Morgan fingerprint density at radius 2 is 1.80 bits per heavy atom. The van der Waals surface area contributed by atoms with Crippen molar-refractivity contribution < 1.29 is 9.47 Å². The number of rotatable bonds is 2. The predicted molar refractivity (Wildman–Crippen MR) is 81.1 cm³/mol. The lowest BCUT2D eigenvalue weighted by atomic mass is 9.79. The summed E-state index contributed by atoms with van der Waals surface area (Å²) >= 11 is 5.46. The lowest BCUT2D eigenvalue weighted by Gasteiger charge is -2.45. The molecule has 0 aromatic heterocycles. The van der Waals surface area contributed by atoms with E-state index in [1.807, 2.05) is 35.3 Å². The monoisotopic (exact) mass is 293 g/mol. The van der Waals surface area contributed by atoms with E-state index in [1.54, 1.807) is 0 Å². The maximum Gasteiger partial charge on any atom is 0.189 e. The second-order valence-electron chi connectivity index (χ2n) is 5.71. The van der Waals surface area contributed by atoms with Gasteiger partial charge in [-0.2, -0.15) is 0 Å². The largest absolute Gasteiger partial charge is 0.355 e. The summed E-state index contributed by atoms with van der Waals surface area (Å²) in [5.41, 5.74) is 3.85. The molecule has 1 atom stereocenters. The topological polar surface area (TPSA) is 45.8 Å². The number of hydrazine groups is 1. The standard InChI is InChI=1S/C14H19N3O2S/c1-13(8-18-10-19-9-13)14(2)15-12(20)17(16-14)11-6-4-3-5-7-11/h3-7,16H,8-10H2,1-2H3,(H,15,20)/t14-/m0/s1. The van der Waals surface area contributed by atoms with Gasteiger partial charge in [0.1, 0.15) is 12.5 Å². The Labute approximate surface area is 124 Å². The van der Waals surface area contributed by atoms with Gasteiger partial charge in [0.2, 0.25) is 0 Å². The van der Waals surface area contributed by atoms with Gasteiger partial charge in [-0.3, -0.25) is 5.01 Å². The molecule has 1 aromatic carbocycles. The first-order valence-electron chi connectivity index (χ1n) is 6.65. The van der Waals surface area contributed by atoms with Crippen LogP contribution >= 0.6 is 12.2 Å². The Balaban J connectivity index is 1.85. The van der Waals surface area contributed by atoms with E-state index in [0.717, 1.165) is 5.69 Å². The van der Waals surface area contributed by atoms with Crippen LogP contribution in [-0.4, -0.2) is 30.8 Å². The summed E-state index contributed by atoms with van der Waals surface area (Å²) in [6, 6.07) is 10.00. The minimum atomic E-state index is -0.416. The molecule has 0 unspecified atom stereocenters. The minimum Gasteiger partial charge on any atom is -0.355 e. The quantitative estimate of drug-likeness (QED) is 0.808. The highest BCUT2D eigenvalue weighted by molar-refractivity contribution is 7.80. The molecule has 0 amide bonds. The van der Waals surface area contributed by atoms with Gasteiger partial charge in [0.15, 0.2) is 5.11 Å². The number of hydrogen-bond donors (Lipinski definition) is 2. The van der Waals surface area contributed by atoms with Gasteiger partial charge < -0.3 is 14.8 Å². The normalized spacial score (nSPS) is 29.3. The van der Waals surface area contributed by atoms with Crippen molar-refractivity contribution in [3.63, 3.8) is 0 Å². The van der Waals surface area contributed by atoms with Crippen LogP contribution in [0.2, 0.25) is 0 Å². The molecule has 3 rings (SSSR count). The first kappa shape index (κ1) is 13.8. The zero-order valence-corrected chi connectivity index (χ0v) is 12.5. The number of anilines is 1. The molecule has 0 saturated carbocycles. The molecule has 2 saturated heterocycles. The molecule has 108 valence electrons. The highest BCUT2D eigenvalue weighted by Crippen LogP contribution is 2.36. The van der Waals surface area contributed by atoms with Crippen LogP contribution in [0.25, 0.3) is 0 Å². The van der Waals surface area contributed by atoms with Crippen LogP contribution in [0, 0.1) is 5.41 Å². The third kappa shape index (κ3) is 2.18. The van der Waals surface area contributed by atoms with E-state index in [0.29, 0.717) is 25.1 Å². The Morgan fingerprint density at radius 3 is 2.45 bits per heavy atom. The first-order valence-corrected chi connectivity index (χ1v) is 7.06. The molecule has 0 radical (unpaired) electrons. The molecule has 5 nitrogen and oxygen atoms in total. The summed E-state index contributed by atoms with van der Waals surface area (Å²) in [5, 5.41) is 5.93. The number of hydrogen-bond acceptors (Lipinski definition) is 4. The number of nitrogens with zero attached hydrogens (tertiary/aromatic N) is 1. The summed E-state index contributed by atoms with van der Waals surface area (Å²) in [7, 11) is 0. The number of ether oxygens (including phenoxy) is 2. The van der Waals surface area contributed by atoms with Crippen LogP contribution in [0.15, 0.2) is 30.3 Å². The van der Waals surface area contributed by atoms with Crippen LogP contribution in [0.3, 0.4) is 0 Å². The fraction of sp³-hybridized carbons (Fsp3) is 0.500. The average molecular weight is 293 g/mol. The molecular weight excluding hydrogens is 274 g/mol. The summed E-state index contributed by atoms with van der Waals surface area (Å²) in [5.74, 6) is 0. The van der Waals surface area contributed by atoms with Gasteiger partial charge in [0.25, 0.3) is 0 Å². The molecule has 2 fully saturated rings. The maximum atomic E-state index is 5.47. The van der Waals surface area contributed by atoms with Crippen LogP contribution in [0.4, 0.5) is 5.69 Å². The maximum absolute atomic E-state index is 5.47. The molecule has 0 aliphatic carbocycles. The second-order valence-corrected chi connectivity index (χ2v) is 6.10. The molecule has 0 spiro atoms. The van der Waals surface area contributed by atoms with Crippen molar-refractivity contribution in [3.8, 4) is 0 Å². The molecule has 2 heterocycles. The van der Waals surface area contributed by atoms with Gasteiger partial charge in [-0.1, -0.05) is 25.1 Å².